The van der Waals surface area contributed by atoms with Gasteiger partial charge in [-0.3, -0.25) is 9.78 Å². The number of aromatic nitrogens is 1. The Labute approximate surface area is 133 Å². The molecule has 2 rings (SSSR count). The normalized spacial score (nSPS) is 10.8. The van der Waals surface area contributed by atoms with E-state index in [1.807, 2.05) is 0 Å². The number of rotatable bonds is 3. The largest absolute Gasteiger partial charge is 0.272 e. The van der Waals surface area contributed by atoms with Gasteiger partial charge in [0.1, 0.15) is 0 Å². The molecular formula is C13H8BrCl2N3O. The van der Waals surface area contributed by atoms with Gasteiger partial charge in [-0.15, -0.1) is 0 Å². The first-order chi connectivity index (χ1) is 9.58. The fourth-order valence-electron chi connectivity index (χ4n) is 1.39. The van der Waals surface area contributed by atoms with Gasteiger partial charge in [-0.1, -0.05) is 29.3 Å². The number of halogens is 3. The first-order valence-electron chi connectivity index (χ1n) is 5.46. The summed E-state index contributed by atoms with van der Waals surface area (Å²) < 4.78 is 0.711. The van der Waals surface area contributed by atoms with Crippen LogP contribution in [0.2, 0.25) is 10.0 Å². The summed E-state index contributed by atoms with van der Waals surface area (Å²) in [4.78, 5) is 15.7. The topological polar surface area (TPSA) is 54.4 Å². The van der Waals surface area contributed by atoms with Crippen LogP contribution in [0.3, 0.4) is 0 Å². The number of carbonyl (C=O) groups is 1. The second kappa shape index (κ2) is 6.83. The number of hydrogen-bond donors (Lipinski definition) is 1. The van der Waals surface area contributed by atoms with Crippen molar-refractivity contribution >= 4 is 51.3 Å². The van der Waals surface area contributed by atoms with Crippen LogP contribution in [-0.4, -0.2) is 17.1 Å². The van der Waals surface area contributed by atoms with Crippen LogP contribution in [-0.2, 0) is 0 Å². The van der Waals surface area contributed by atoms with E-state index in [1.165, 1.54) is 12.4 Å². The number of amides is 1. The van der Waals surface area contributed by atoms with Crippen molar-refractivity contribution in [1.82, 2.24) is 10.4 Å². The fraction of sp³-hybridized carbons (Fsp3) is 0. The number of nitrogens with zero attached hydrogens (tertiary/aromatic N) is 2. The Morgan fingerprint density at radius 1 is 1.30 bits per heavy atom. The summed E-state index contributed by atoms with van der Waals surface area (Å²) in [5.74, 6) is -0.377. The van der Waals surface area contributed by atoms with E-state index in [0.717, 1.165) is 0 Å². The van der Waals surface area contributed by atoms with Gasteiger partial charge in [0.25, 0.3) is 5.91 Å². The molecule has 0 aliphatic rings. The highest BCUT2D eigenvalue weighted by atomic mass is 79.9. The number of nitrogens with one attached hydrogen (secondary N) is 1. The Bertz CT molecular complexity index is 656. The molecule has 1 heterocycles. The minimum absolute atomic E-state index is 0.377. The zero-order valence-electron chi connectivity index (χ0n) is 9.98. The molecule has 1 aromatic heterocycles. The van der Waals surface area contributed by atoms with E-state index in [2.05, 4.69) is 31.4 Å². The summed E-state index contributed by atoms with van der Waals surface area (Å²) in [5.41, 5.74) is 3.32. The van der Waals surface area contributed by atoms with E-state index in [1.54, 1.807) is 30.5 Å². The van der Waals surface area contributed by atoms with Crippen molar-refractivity contribution in [3.8, 4) is 0 Å². The van der Waals surface area contributed by atoms with Gasteiger partial charge in [0, 0.05) is 22.4 Å². The maximum atomic E-state index is 11.8. The third-order valence-corrected chi connectivity index (χ3v) is 3.42. The quantitative estimate of drug-likeness (QED) is 0.655. The Kier molecular flexibility index (Phi) is 5.11. The van der Waals surface area contributed by atoms with Crippen molar-refractivity contribution in [2.24, 2.45) is 5.10 Å². The maximum absolute atomic E-state index is 11.8. The molecule has 0 atom stereocenters. The van der Waals surface area contributed by atoms with Crippen LogP contribution in [0.4, 0.5) is 0 Å². The lowest BCUT2D eigenvalue weighted by molar-refractivity contribution is 0.0954. The zero-order chi connectivity index (χ0) is 14.5. The van der Waals surface area contributed by atoms with Gasteiger partial charge in [0.15, 0.2) is 0 Å². The summed E-state index contributed by atoms with van der Waals surface area (Å²) >= 11 is 15.2. The summed E-state index contributed by atoms with van der Waals surface area (Å²) in [6, 6.07) is 6.75. The van der Waals surface area contributed by atoms with Gasteiger partial charge in [-0.2, -0.15) is 5.10 Å². The van der Waals surface area contributed by atoms with Crippen molar-refractivity contribution in [2.45, 2.75) is 0 Å². The lowest BCUT2D eigenvalue weighted by atomic mass is 10.2. The second-order valence-corrected chi connectivity index (χ2v) is 5.46. The molecule has 20 heavy (non-hydrogen) atoms. The van der Waals surface area contributed by atoms with Crippen LogP contribution < -0.4 is 5.43 Å². The summed E-state index contributed by atoms with van der Waals surface area (Å²) in [7, 11) is 0. The highest BCUT2D eigenvalue weighted by molar-refractivity contribution is 9.10. The number of benzene rings is 1. The monoisotopic (exact) mass is 371 g/mol. The van der Waals surface area contributed by atoms with Gasteiger partial charge in [-0.25, -0.2) is 5.43 Å². The van der Waals surface area contributed by atoms with Crippen LogP contribution >= 0.6 is 39.1 Å². The van der Waals surface area contributed by atoms with E-state index < -0.39 is 0 Å². The molecule has 0 radical (unpaired) electrons. The predicted octanol–water partition coefficient (Wildman–Crippen LogP) is 3.91. The van der Waals surface area contributed by atoms with Crippen LogP contribution in [0.25, 0.3) is 0 Å². The number of pyridine rings is 1. The number of hydrazone groups is 1. The molecule has 0 aliphatic heterocycles. The fourth-order valence-corrected chi connectivity index (χ4v) is 2.25. The van der Waals surface area contributed by atoms with E-state index in [4.69, 9.17) is 23.2 Å². The van der Waals surface area contributed by atoms with Crippen LogP contribution in [0.15, 0.2) is 46.2 Å². The molecule has 4 nitrogen and oxygen atoms in total. The average Bonchev–Trinajstić information content (AvgIpc) is 2.42. The standard InChI is InChI=1S/C13H8BrCl2N3O/c14-9-4-8(5-17-6-9)13(20)19-18-7-10-11(15)2-1-3-12(10)16/h1-7H,(H,19,20)/b18-7-. The average molecular weight is 373 g/mol. The predicted molar refractivity (Wildman–Crippen MR) is 83.5 cm³/mol. The van der Waals surface area contributed by atoms with Crippen molar-refractivity contribution in [2.75, 3.05) is 0 Å². The highest BCUT2D eigenvalue weighted by Crippen LogP contribution is 2.22. The Balaban J connectivity index is 2.09. The third-order valence-electron chi connectivity index (χ3n) is 2.33. The molecule has 0 unspecified atom stereocenters. The maximum Gasteiger partial charge on any atom is 0.272 e. The smallest absolute Gasteiger partial charge is 0.267 e. The van der Waals surface area contributed by atoms with Crippen LogP contribution in [0.1, 0.15) is 15.9 Å². The van der Waals surface area contributed by atoms with Gasteiger partial charge in [0.05, 0.1) is 21.8 Å². The Morgan fingerprint density at radius 3 is 2.65 bits per heavy atom. The number of hydrogen-bond acceptors (Lipinski definition) is 3. The van der Waals surface area contributed by atoms with Gasteiger partial charge in [0.2, 0.25) is 0 Å². The van der Waals surface area contributed by atoms with Gasteiger partial charge in [-0.05, 0) is 34.1 Å². The molecule has 2 aromatic rings. The minimum atomic E-state index is -0.377. The molecule has 0 spiro atoms. The number of carbonyl (C=O) groups excluding carboxylic acids is 1. The van der Waals surface area contributed by atoms with Crippen LogP contribution in [0.5, 0.6) is 0 Å². The minimum Gasteiger partial charge on any atom is -0.267 e. The Hall–Kier alpha value is -1.43. The molecule has 1 aromatic carbocycles. The lowest BCUT2D eigenvalue weighted by Gasteiger charge is -2.02. The van der Waals surface area contributed by atoms with E-state index in [-0.39, 0.29) is 5.91 Å². The highest BCUT2D eigenvalue weighted by Gasteiger charge is 2.06. The van der Waals surface area contributed by atoms with Crippen molar-refractivity contribution in [3.05, 3.63) is 62.3 Å². The molecule has 0 aliphatic carbocycles. The molecule has 102 valence electrons. The molecular weight excluding hydrogens is 365 g/mol. The summed E-state index contributed by atoms with van der Waals surface area (Å²) in [6.07, 6.45) is 4.43. The van der Waals surface area contributed by atoms with Crippen LogP contribution in [0, 0.1) is 0 Å². The first kappa shape index (κ1) is 15.0. The third kappa shape index (κ3) is 3.79. The summed E-state index contributed by atoms with van der Waals surface area (Å²) in [6.45, 7) is 0. The molecule has 7 heteroatoms. The van der Waals surface area contributed by atoms with Crippen molar-refractivity contribution in [1.29, 1.82) is 0 Å². The van der Waals surface area contributed by atoms with E-state index in [9.17, 15) is 4.79 Å². The van der Waals surface area contributed by atoms with Crippen molar-refractivity contribution in [3.63, 3.8) is 0 Å². The zero-order valence-corrected chi connectivity index (χ0v) is 13.1. The van der Waals surface area contributed by atoms with Gasteiger partial charge >= 0.3 is 0 Å². The van der Waals surface area contributed by atoms with E-state index >= 15 is 0 Å². The van der Waals surface area contributed by atoms with Crippen molar-refractivity contribution < 1.29 is 4.79 Å². The lowest BCUT2D eigenvalue weighted by Crippen LogP contribution is -2.17. The molecule has 0 saturated carbocycles. The molecule has 0 fully saturated rings. The Morgan fingerprint density at radius 2 is 2.00 bits per heavy atom. The van der Waals surface area contributed by atoms with E-state index in [0.29, 0.717) is 25.6 Å². The molecule has 0 bridgehead atoms. The molecule has 1 amide bonds. The first-order valence-corrected chi connectivity index (χ1v) is 7.01. The molecule has 0 saturated heterocycles. The molecule has 1 N–H and O–H groups in total. The SMILES string of the molecule is O=C(N/N=C\c1c(Cl)cccc1Cl)c1cncc(Br)c1. The van der Waals surface area contributed by atoms with Gasteiger partial charge < -0.3 is 0 Å². The second-order valence-electron chi connectivity index (χ2n) is 3.73. The summed E-state index contributed by atoms with van der Waals surface area (Å²) in [5, 5.41) is 4.75.